The van der Waals surface area contributed by atoms with Crippen LogP contribution in [-0.4, -0.2) is 46.1 Å². The van der Waals surface area contributed by atoms with E-state index in [1.165, 1.54) is 24.0 Å². The predicted octanol–water partition coefficient (Wildman–Crippen LogP) is 2.08. The molecule has 18 heavy (non-hydrogen) atoms. The molecule has 3 nitrogen and oxygen atoms in total. The van der Waals surface area contributed by atoms with Crippen molar-refractivity contribution in [3.05, 3.63) is 29.8 Å². The molecule has 0 spiro atoms. The van der Waals surface area contributed by atoms with Crippen LogP contribution in [0.5, 0.6) is 0 Å². The van der Waals surface area contributed by atoms with E-state index >= 15 is 0 Å². The van der Waals surface area contributed by atoms with Gasteiger partial charge in [0.1, 0.15) is 5.82 Å². The number of aliphatic hydroxyl groups is 1. The summed E-state index contributed by atoms with van der Waals surface area (Å²) in [5.74, 6) is 2.04. The largest absolute Gasteiger partial charge is 0.387 e. The molecule has 0 bridgehead atoms. The molecule has 1 aromatic rings. The monoisotopic (exact) mass is 270 g/mol. The van der Waals surface area contributed by atoms with Crippen molar-refractivity contribution in [1.82, 2.24) is 9.88 Å². The van der Waals surface area contributed by atoms with Crippen LogP contribution < -0.4 is 0 Å². The lowest BCUT2D eigenvalue weighted by molar-refractivity contribution is 0.140. The molecular weight excluding hydrogens is 251 g/mol. The Labute approximate surface area is 111 Å². The van der Waals surface area contributed by atoms with Gasteiger partial charge < -0.3 is 10.0 Å². The van der Waals surface area contributed by atoms with Crippen molar-refractivity contribution in [3.63, 3.8) is 0 Å². The highest BCUT2D eigenvalue weighted by molar-refractivity contribution is 7.99. The summed E-state index contributed by atoms with van der Waals surface area (Å²) in [6.07, 6.45) is 2.43. The summed E-state index contributed by atoms with van der Waals surface area (Å²) in [5.41, 5.74) is 0.556. The van der Waals surface area contributed by atoms with Gasteiger partial charge in [-0.1, -0.05) is 0 Å². The summed E-state index contributed by atoms with van der Waals surface area (Å²) in [4.78, 5) is 6.29. The standard InChI is InChI=1S/C13H19FN2OS/c14-11-2-3-12(15-10-11)13(17)4-6-16-5-1-8-18-9-7-16/h2-3,10,13,17H,1,4-9H2. The van der Waals surface area contributed by atoms with Crippen LogP contribution in [-0.2, 0) is 0 Å². The van der Waals surface area contributed by atoms with Crippen LogP contribution in [0.25, 0.3) is 0 Å². The molecule has 1 aromatic heterocycles. The van der Waals surface area contributed by atoms with Crippen LogP contribution in [0.2, 0.25) is 0 Å². The Balaban J connectivity index is 1.80. The molecule has 2 rings (SSSR count). The van der Waals surface area contributed by atoms with Gasteiger partial charge >= 0.3 is 0 Å². The van der Waals surface area contributed by atoms with E-state index in [9.17, 15) is 9.50 Å². The number of nitrogens with zero attached hydrogens (tertiary/aromatic N) is 2. The number of aromatic nitrogens is 1. The molecule has 0 saturated carbocycles. The Bertz CT molecular complexity index is 353. The van der Waals surface area contributed by atoms with E-state index < -0.39 is 6.10 Å². The van der Waals surface area contributed by atoms with Crippen molar-refractivity contribution in [3.8, 4) is 0 Å². The fourth-order valence-corrected chi connectivity index (χ4v) is 2.98. The van der Waals surface area contributed by atoms with Crippen LogP contribution >= 0.6 is 11.8 Å². The zero-order valence-corrected chi connectivity index (χ0v) is 11.2. The molecule has 1 unspecified atom stereocenters. The van der Waals surface area contributed by atoms with E-state index in [2.05, 4.69) is 9.88 Å². The molecule has 0 aromatic carbocycles. The Morgan fingerprint density at radius 1 is 1.39 bits per heavy atom. The van der Waals surface area contributed by atoms with Gasteiger partial charge in [-0.3, -0.25) is 4.98 Å². The smallest absolute Gasteiger partial charge is 0.141 e. The molecule has 0 radical (unpaired) electrons. The minimum atomic E-state index is -0.596. The van der Waals surface area contributed by atoms with Gasteiger partial charge in [-0.15, -0.1) is 0 Å². The van der Waals surface area contributed by atoms with Crippen molar-refractivity contribution < 1.29 is 9.50 Å². The van der Waals surface area contributed by atoms with Gasteiger partial charge in [0.15, 0.2) is 0 Å². The molecule has 0 aliphatic carbocycles. The first-order valence-corrected chi connectivity index (χ1v) is 7.51. The minimum Gasteiger partial charge on any atom is -0.387 e. The third kappa shape index (κ3) is 4.23. The molecular formula is C13H19FN2OS. The number of aliphatic hydroxyl groups excluding tert-OH is 1. The summed E-state index contributed by atoms with van der Waals surface area (Å²) in [6, 6.07) is 2.90. The van der Waals surface area contributed by atoms with Gasteiger partial charge in [-0.25, -0.2) is 4.39 Å². The average Bonchev–Trinajstić information content (AvgIpc) is 2.65. The molecule has 5 heteroatoms. The minimum absolute atomic E-state index is 0.365. The molecule has 1 atom stereocenters. The third-order valence-electron chi connectivity index (χ3n) is 3.13. The van der Waals surface area contributed by atoms with Gasteiger partial charge in [0.05, 0.1) is 18.0 Å². The summed E-state index contributed by atoms with van der Waals surface area (Å²) < 4.78 is 12.7. The molecule has 1 fully saturated rings. The fraction of sp³-hybridized carbons (Fsp3) is 0.615. The van der Waals surface area contributed by atoms with Crippen molar-refractivity contribution in [2.45, 2.75) is 18.9 Å². The highest BCUT2D eigenvalue weighted by atomic mass is 32.2. The van der Waals surface area contributed by atoms with E-state index in [-0.39, 0.29) is 5.82 Å². The van der Waals surface area contributed by atoms with Crippen molar-refractivity contribution in [1.29, 1.82) is 0 Å². The fourth-order valence-electron chi connectivity index (χ4n) is 2.06. The second-order valence-corrected chi connectivity index (χ2v) is 5.74. The lowest BCUT2D eigenvalue weighted by atomic mass is 10.1. The van der Waals surface area contributed by atoms with E-state index in [1.807, 2.05) is 11.8 Å². The summed E-state index contributed by atoms with van der Waals surface area (Å²) in [5, 5.41) is 10.00. The summed E-state index contributed by atoms with van der Waals surface area (Å²) in [7, 11) is 0. The van der Waals surface area contributed by atoms with Crippen LogP contribution in [0.1, 0.15) is 24.6 Å². The van der Waals surface area contributed by atoms with E-state index in [4.69, 9.17) is 0 Å². The van der Waals surface area contributed by atoms with E-state index in [0.717, 1.165) is 25.8 Å². The predicted molar refractivity (Wildman–Crippen MR) is 72.2 cm³/mol. The number of thioether (sulfide) groups is 1. The Morgan fingerprint density at radius 2 is 2.28 bits per heavy atom. The third-order valence-corrected chi connectivity index (χ3v) is 4.17. The highest BCUT2D eigenvalue weighted by Gasteiger charge is 2.13. The first kappa shape index (κ1) is 13.8. The van der Waals surface area contributed by atoms with Gasteiger partial charge in [0.25, 0.3) is 0 Å². The van der Waals surface area contributed by atoms with Gasteiger partial charge in [-0.2, -0.15) is 11.8 Å². The maximum absolute atomic E-state index is 12.7. The van der Waals surface area contributed by atoms with Crippen molar-refractivity contribution in [2.75, 3.05) is 31.1 Å². The quantitative estimate of drug-likeness (QED) is 0.909. The number of rotatable bonds is 4. The zero-order valence-electron chi connectivity index (χ0n) is 10.4. The molecule has 1 aliphatic rings. The second-order valence-electron chi connectivity index (χ2n) is 4.51. The number of pyridine rings is 1. The molecule has 1 saturated heterocycles. The van der Waals surface area contributed by atoms with Crippen LogP contribution in [0.15, 0.2) is 18.3 Å². The SMILES string of the molecule is OC(CCN1CCCSCC1)c1ccc(F)cn1. The molecule has 2 heterocycles. The maximum Gasteiger partial charge on any atom is 0.141 e. The second kappa shape index (κ2) is 7.07. The van der Waals surface area contributed by atoms with Crippen molar-refractivity contribution >= 4 is 11.8 Å². The number of halogens is 1. The normalized spacial score (nSPS) is 19.4. The molecule has 1 N–H and O–H groups in total. The first-order chi connectivity index (χ1) is 8.75. The Morgan fingerprint density at radius 3 is 3.06 bits per heavy atom. The van der Waals surface area contributed by atoms with Crippen LogP contribution in [0.3, 0.4) is 0 Å². The Hall–Kier alpha value is -0.650. The highest BCUT2D eigenvalue weighted by Crippen LogP contribution is 2.16. The number of hydrogen-bond donors (Lipinski definition) is 1. The Kier molecular flexibility index (Phi) is 5.41. The van der Waals surface area contributed by atoms with E-state index in [0.29, 0.717) is 12.1 Å². The molecule has 100 valence electrons. The van der Waals surface area contributed by atoms with Crippen LogP contribution in [0.4, 0.5) is 4.39 Å². The summed E-state index contributed by atoms with van der Waals surface area (Å²) >= 11 is 1.99. The van der Waals surface area contributed by atoms with Gasteiger partial charge in [0.2, 0.25) is 0 Å². The zero-order chi connectivity index (χ0) is 12.8. The molecule has 0 amide bonds. The topological polar surface area (TPSA) is 36.4 Å². The molecule has 1 aliphatic heterocycles. The summed E-state index contributed by atoms with van der Waals surface area (Å²) in [6.45, 7) is 3.07. The number of hydrogen-bond acceptors (Lipinski definition) is 4. The van der Waals surface area contributed by atoms with E-state index in [1.54, 1.807) is 6.07 Å². The lowest BCUT2D eigenvalue weighted by Gasteiger charge is -2.20. The average molecular weight is 270 g/mol. The van der Waals surface area contributed by atoms with Gasteiger partial charge in [0, 0.05) is 18.8 Å². The lowest BCUT2D eigenvalue weighted by Crippen LogP contribution is -2.28. The van der Waals surface area contributed by atoms with Gasteiger partial charge in [-0.05, 0) is 37.3 Å². The first-order valence-electron chi connectivity index (χ1n) is 6.35. The maximum atomic E-state index is 12.7. The van der Waals surface area contributed by atoms with Crippen molar-refractivity contribution in [2.24, 2.45) is 0 Å². The van der Waals surface area contributed by atoms with Crippen LogP contribution in [0, 0.1) is 5.82 Å².